The zero-order valence-electron chi connectivity index (χ0n) is 16.2. The van der Waals surface area contributed by atoms with Gasteiger partial charge in [0.2, 0.25) is 0 Å². The van der Waals surface area contributed by atoms with Crippen LogP contribution < -0.4 is 4.74 Å². The lowest BCUT2D eigenvalue weighted by Crippen LogP contribution is -2.31. The highest BCUT2D eigenvalue weighted by Crippen LogP contribution is 2.51. The van der Waals surface area contributed by atoms with E-state index in [1.165, 1.54) is 17.6 Å². The molecule has 2 unspecified atom stereocenters. The minimum absolute atomic E-state index is 0.141. The van der Waals surface area contributed by atoms with E-state index in [1.54, 1.807) is 13.3 Å². The maximum absolute atomic E-state index is 12.9. The number of rotatable bonds is 3. The fraction of sp³-hybridized carbons (Fsp3) is 0.500. The van der Waals surface area contributed by atoms with E-state index < -0.39 is 0 Å². The van der Waals surface area contributed by atoms with Crippen LogP contribution in [0.2, 0.25) is 0 Å². The minimum atomic E-state index is -0.248. The van der Waals surface area contributed by atoms with Crippen molar-refractivity contribution in [3.8, 4) is 5.75 Å². The van der Waals surface area contributed by atoms with E-state index in [0.717, 1.165) is 35.6 Å². The van der Waals surface area contributed by atoms with Crippen molar-refractivity contribution >= 4 is 18.0 Å². The predicted molar refractivity (Wildman–Crippen MR) is 103 cm³/mol. The second-order valence-corrected chi connectivity index (χ2v) is 8.45. The Morgan fingerprint density at radius 1 is 1.11 bits per heavy atom. The Labute approximate surface area is 160 Å². The van der Waals surface area contributed by atoms with Crippen LogP contribution in [0.15, 0.2) is 40.5 Å². The zero-order valence-corrected chi connectivity index (χ0v) is 16.2. The van der Waals surface area contributed by atoms with Crippen molar-refractivity contribution in [2.24, 2.45) is 22.4 Å². The van der Waals surface area contributed by atoms with E-state index in [1.807, 2.05) is 24.3 Å². The second kappa shape index (κ2) is 6.63. The van der Waals surface area contributed by atoms with Gasteiger partial charge in [0.05, 0.1) is 25.2 Å². The summed E-state index contributed by atoms with van der Waals surface area (Å²) >= 11 is 0. The van der Waals surface area contributed by atoms with Gasteiger partial charge in [-0.3, -0.25) is 9.59 Å². The summed E-state index contributed by atoms with van der Waals surface area (Å²) in [7, 11) is 1.61. The summed E-state index contributed by atoms with van der Waals surface area (Å²) in [5.74, 6) is -0.0297. The van der Waals surface area contributed by atoms with Gasteiger partial charge in [0, 0.05) is 0 Å². The number of fused-ring (bicyclic) bond motifs is 1. The molecule has 142 valence electrons. The Balaban J connectivity index is 1.54. The summed E-state index contributed by atoms with van der Waals surface area (Å²) in [6, 6.07) is 7.36. The number of carbonyl (C=O) groups excluding carboxylic acids is 2. The number of benzene rings is 1. The number of hydrogen-bond acceptors (Lipinski definition) is 4. The normalized spacial score (nSPS) is 27.1. The molecule has 2 atom stereocenters. The van der Waals surface area contributed by atoms with Crippen LogP contribution in [0.1, 0.15) is 51.5 Å². The molecule has 1 aromatic carbocycles. The van der Waals surface area contributed by atoms with E-state index in [0.29, 0.717) is 6.42 Å². The molecule has 1 aliphatic heterocycles. The van der Waals surface area contributed by atoms with E-state index in [9.17, 15) is 9.59 Å². The van der Waals surface area contributed by atoms with Crippen LogP contribution in [-0.2, 0) is 9.59 Å². The van der Waals surface area contributed by atoms with Crippen molar-refractivity contribution in [2.75, 3.05) is 7.11 Å². The molecule has 0 bridgehead atoms. The summed E-state index contributed by atoms with van der Waals surface area (Å²) in [6.45, 7) is 4.53. The number of amides is 2. The summed E-state index contributed by atoms with van der Waals surface area (Å²) in [5.41, 5.74) is 3.79. The number of ether oxygens (including phenoxy) is 1. The quantitative estimate of drug-likeness (QED) is 0.463. The molecular formula is C22H26N2O3. The number of methoxy groups -OCH3 is 1. The first-order valence-corrected chi connectivity index (χ1v) is 9.68. The van der Waals surface area contributed by atoms with Gasteiger partial charge < -0.3 is 4.74 Å². The van der Waals surface area contributed by atoms with Gasteiger partial charge in [-0.05, 0) is 67.3 Å². The van der Waals surface area contributed by atoms with Crippen LogP contribution in [0.3, 0.4) is 0 Å². The van der Waals surface area contributed by atoms with Gasteiger partial charge in [-0.25, -0.2) is 0 Å². The average molecular weight is 366 g/mol. The lowest BCUT2D eigenvalue weighted by molar-refractivity contribution is -0.139. The summed E-state index contributed by atoms with van der Waals surface area (Å²) in [5, 5.41) is 5.34. The molecule has 0 radical (unpaired) electrons. The molecule has 5 heteroatoms. The minimum Gasteiger partial charge on any atom is -0.497 e. The summed E-state index contributed by atoms with van der Waals surface area (Å²) in [4.78, 5) is 25.8. The van der Waals surface area contributed by atoms with E-state index in [4.69, 9.17) is 4.74 Å². The zero-order chi connectivity index (χ0) is 19.2. The molecule has 0 aromatic heterocycles. The lowest BCUT2D eigenvalue weighted by Gasteiger charge is -2.40. The van der Waals surface area contributed by atoms with Crippen molar-refractivity contribution in [1.29, 1.82) is 0 Å². The lowest BCUT2D eigenvalue weighted by atomic mass is 9.63. The molecule has 2 amide bonds. The topological polar surface area (TPSA) is 59.0 Å². The third-order valence-electron chi connectivity index (χ3n) is 6.39. The number of hydrazone groups is 1. The smallest absolute Gasteiger partial charge is 0.254 e. The molecule has 27 heavy (non-hydrogen) atoms. The van der Waals surface area contributed by atoms with Crippen LogP contribution in [-0.4, -0.2) is 30.1 Å². The van der Waals surface area contributed by atoms with Crippen molar-refractivity contribution in [1.82, 2.24) is 5.01 Å². The van der Waals surface area contributed by atoms with Crippen LogP contribution in [0.4, 0.5) is 0 Å². The van der Waals surface area contributed by atoms with Crippen LogP contribution in [0.25, 0.3) is 0 Å². The van der Waals surface area contributed by atoms with Crippen molar-refractivity contribution in [2.45, 2.75) is 46.0 Å². The van der Waals surface area contributed by atoms with Crippen molar-refractivity contribution in [3.63, 3.8) is 0 Å². The molecule has 1 aromatic rings. The van der Waals surface area contributed by atoms with Crippen molar-refractivity contribution in [3.05, 3.63) is 41.0 Å². The molecular weight excluding hydrogens is 340 g/mol. The van der Waals surface area contributed by atoms with Gasteiger partial charge in [-0.1, -0.05) is 25.0 Å². The Hall–Kier alpha value is -2.43. The van der Waals surface area contributed by atoms with Gasteiger partial charge in [0.15, 0.2) is 0 Å². The molecule has 2 aliphatic carbocycles. The first-order chi connectivity index (χ1) is 12.9. The standard InChI is InChI=1S/C22H26N2O3/c1-22(2)10-4-5-15-11-17-18(12-19(15)22)21(26)24(20(17)25)23-13-14-6-8-16(27-3)9-7-14/h6-9,13,17-18H,4-5,10-12H2,1-3H3. The van der Waals surface area contributed by atoms with Crippen LogP contribution in [0.5, 0.6) is 5.75 Å². The fourth-order valence-electron chi connectivity index (χ4n) is 4.81. The highest BCUT2D eigenvalue weighted by atomic mass is 16.5. The largest absolute Gasteiger partial charge is 0.497 e. The highest BCUT2D eigenvalue weighted by molar-refractivity contribution is 6.06. The maximum Gasteiger partial charge on any atom is 0.254 e. The first-order valence-electron chi connectivity index (χ1n) is 9.68. The summed E-state index contributed by atoms with van der Waals surface area (Å²) < 4.78 is 5.14. The van der Waals surface area contributed by atoms with Crippen LogP contribution >= 0.6 is 0 Å². The van der Waals surface area contributed by atoms with Crippen molar-refractivity contribution < 1.29 is 14.3 Å². The molecule has 1 fully saturated rings. The maximum atomic E-state index is 12.9. The van der Waals surface area contributed by atoms with E-state index >= 15 is 0 Å². The molecule has 4 rings (SSSR count). The van der Waals surface area contributed by atoms with Gasteiger partial charge in [-0.2, -0.15) is 10.1 Å². The molecule has 1 heterocycles. The number of allylic oxidation sites excluding steroid dienone is 2. The molecule has 1 saturated heterocycles. The monoisotopic (exact) mass is 366 g/mol. The summed E-state index contributed by atoms with van der Waals surface area (Å²) in [6.07, 6.45) is 6.41. The second-order valence-electron chi connectivity index (χ2n) is 8.45. The van der Waals surface area contributed by atoms with Gasteiger partial charge in [0.1, 0.15) is 5.75 Å². The molecule has 3 aliphatic rings. The highest BCUT2D eigenvalue weighted by Gasteiger charge is 2.52. The van der Waals surface area contributed by atoms with Crippen LogP contribution in [0, 0.1) is 17.3 Å². The molecule has 0 spiro atoms. The first kappa shape index (κ1) is 18.0. The Bertz CT molecular complexity index is 836. The third kappa shape index (κ3) is 3.09. The fourth-order valence-corrected chi connectivity index (χ4v) is 4.81. The predicted octanol–water partition coefficient (Wildman–Crippen LogP) is 3.93. The molecule has 0 saturated carbocycles. The Kier molecular flexibility index (Phi) is 4.41. The molecule has 0 N–H and O–H groups in total. The Morgan fingerprint density at radius 2 is 1.78 bits per heavy atom. The average Bonchev–Trinajstić information content (AvgIpc) is 2.89. The number of hydrogen-bond donors (Lipinski definition) is 0. The third-order valence-corrected chi connectivity index (χ3v) is 6.39. The van der Waals surface area contributed by atoms with Gasteiger partial charge >= 0.3 is 0 Å². The number of carbonyl (C=O) groups is 2. The number of nitrogens with zero attached hydrogens (tertiary/aromatic N) is 2. The van der Waals surface area contributed by atoms with Gasteiger partial charge in [-0.15, -0.1) is 0 Å². The van der Waals surface area contributed by atoms with E-state index in [2.05, 4.69) is 18.9 Å². The number of imide groups is 1. The van der Waals surface area contributed by atoms with E-state index in [-0.39, 0.29) is 29.1 Å². The molecule has 5 nitrogen and oxygen atoms in total. The SMILES string of the molecule is COc1ccc(C=NN2C(=O)C3CC4=C(CC3C2=O)C(C)(C)CCC4)cc1. The van der Waals surface area contributed by atoms with Gasteiger partial charge in [0.25, 0.3) is 11.8 Å². The Morgan fingerprint density at radius 3 is 2.44 bits per heavy atom.